The maximum atomic E-state index is 12.3. The van der Waals surface area contributed by atoms with Gasteiger partial charge in [0.15, 0.2) is 21.3 Å². The van der Waals surface area contributed by atoms with Gasteiger partial charge in [-0.15, -0.1) is 0 Å². The Bertz CT molecular complexity index is 938. The minimum absolute atomic E-state index is 0.0122. The molecule has 0 saturated heterocycles. The lowest BCUT2D eigenvalue weighted by atomic mass is 10.3. The quantitative estimate of drug-likeness (QED) is 0.616. The number of nitrogens with one attached hydrogen (secondary N) is 1. The van der Waals surface area contributed by atoms with Crippen LogP contribution in [0.1, 0.15) is 44.6 Å². The van der Waals surface area contributed by atoms with E-state index >= 15 is 0 Å². The molecule has 1 saturated carbocycles. The molecule has 162 valence electrons. The van der Waals surface area contributed by atoms with E-state index in [0.29, 0.717) is 24.0 Å². The Morgan fingerprint density at radius 1 is 1.13 bits per heavy atom. The van der Waals surface area contributed by atoms with Crippen molar-refractivity contribution in [2.75, 3.05) is 12.4 Å². The normalized spacial score (nSPS) is 14.4. The number of aromatic nitrogens is 1. The summed E-state index contributed by atoms with van der Waals surface area (Å²) in [5.74, 6) is 1.28. The van der Waals surface area contributed by atoms with Crippen LogP contribution in [0.15, 0.2) is 42.6 Å². The predicted molar refractivity (Wildman–Crippen MR) is 114 cm³/mol. The van der Waals surface area contributed by atoms with Crippen LogP contribution in [0.25, 0.3) is 0 Å². The van der Waals surface area contributed by atoms with Gasteiger partial charge in [-0.25, -0.2) is 13.4 Å². The van der Waals surface area contributed by atoms with Gasteiger partial charge in [-0.2, -0.15) is 0 Å². The highest BCUT2D eigenvalue weighted by Gasteiger charge is 2.28. The van der Waals surface area contributed by atoms with Gasteiger partial charge in [0.25, 0.3) is 0 Å². The maximum Gasteiger partial charge on any atom is 0.221 e. The number of sulfone groups is 1. The zero-order valence-electron chi connectivity index (χ0n) is 17.2. The summed E-state index contributed by atoms with van der Waals surface area (Å²) in [6.45, 7) is 2.72. The number of benzene rings is 1. The van der Waals surface area contributed by atoms with Gasteiger partial charge in [-0.3, -0.25) is 4.79 Å². The van der Waals surface area contributed by atoms with E-state index in [1.165, 1.54) is 0 Å². The summed E-state index contributed by atoms with van der Waals surface area (Å²) in [5.41, 5.74) is 0.799. The van der Waals surface area contributed by atoms with Crippen molar-refractivity contribution in [1.29, 1.82) is 0 Å². The highest BCUT2D eigenvalue weighted by molar-refractivity contribution is 7.92. The number of para-hydroxylation sites is 2. The van der Waals surface area contributed by atoms with E-state index in [1.54, 1.807) is 24.4 Å². The molecule has 1 aliphatic carbocycles. The second-order valence-electron chi connectivity index (χ2n) is 7.29. The minimum atomic E-state index is -3.18. The Balaban J connectivity index is 1.47. The molecule has 2 aromatic rings. The summed E-state index contributed by atoms with van der Waals surface area (Å²) in [7, 11) is -3.18. The average Bonchev–Trinajstić information content (AvgIpc) is 3.29. The highest BCUT2D eigenvalue weighted by atomic mass is 32.2. The largest absolute Gasteiger partial charge is 0.490 e. The number of ether oxygens (including phenoxy) is 2. The van der Waals surface area contributed by atoms with E-state index in [2.05, 4.69) is 10.3 Å². The molecule has 1 aromatic heterocycles. The summed E-state index contributed by atoms with van der Waals surface area (Å²) in [5, 5.41) is 2.48. The molecule has 1 fully saturated rings. The van der Waals surface area contributed by atoms with Gasteiger partial charge < -0.3 is 14.8 Å². The molecule has 8 heteroatoms. The first-order chi connectivity index (χ1) is 14.5. The standard InChI is InChI=1S/C22H28N2O5S/c1-2-28-19-9-5-6-10-20(19)29-22-12-11-17(16-24-22)15-23-21(25)13-14-30(26,27)18-7-3-4-8-18/h5-6,9-12,16,18H,2-4,7-8,13-15H2,1H3,(H,23,25). The van der Waals surface area contributed by atoms with E-state index < -0.39 is 9.84 Å². The SMILES string of the molecule is CCOc1ccccc1Oc1ccc(CNC(=O)CCS(=O)(=O)C2CCCC2)cn1. The molecular formula is C22H28N2O5S. The Kier molecular flexibility index (Phi) is 7.68. The highest BCUT2D eigenvalue weighted by Crippen LogP contribution is 2.30. The van der Waals surface area contributed by atoms with Crippen molar-refractivity contribution in [2.24, 2.45) is 0 Å². The smallest absolute Gasteiger partial charge is 0.221 e. The summed E-state index contributed by atoms with van der Waals surface area (Å²) in [4.78, 5) is 16.3. The Morgan fingerprint density at radius 3 is 2.53 bits per heavy atom. The number of hydrogen-bond acceptors (Lipinski definition) is 6. The van der Waals surface area contributed by atoms with E-state index in [1.807, 2.05) is 25.1 Å². The fourth-order valence-corrected chi connectivity index (χ4v) is 5.29. The molecule has 1 heterocycles. The van der Waals surface area contributed by atoms with Crippen molar-refractivity contribution in [3.8, 4) is 17.4 Å². The van der Waals surface area contributed by atoms with Gasteiger partial charge in [0.2, 0.25) is 11.8 Å². The number of pyridine rings is 1. The van der Waals surface area contributed by atoms with Crippen molar-refractivity contribution in [3.63, 3.8) is 0 Å². The van der Waals surface area contributed by atoms with Crippen LogP contribution in [0, 0.1) is 0 Å². The van der Waals surface area contributed by atoms with Crippen molar-refractivity contribution < 1.29 is 22.7 Å². The number of hydrogen-bond donors (Lipinski definition) is 1. The molecular weight excluding hydrogens is 404 g/mol. The Labute approximate surface area is 177 Å². The molecule has 0 aliphatic heterocycles. The van der Waals surface area contributed by atoms with Gasteiger partial charge in [0.1, 0.15) is 0 Å². The number of carbonyl (C=O) groups excluding carboxylic acids is 1. The topological polar surface area (TPSA) is 94.6 Å². The fourth-order valence-electron chi connectivity index (χ4n) is 3.44. The molecule has 3 rings (SSSR count). The Morgan fingerprint density at radius 2 is 1.87 bits per heavy atom. The van der Waals surface area contributed by atoms with Crippen molar-refractivity contribution in [2.45, 2.75) is 50.8 Å². The number of amides is 1. The third-order valence-corrected chi connectivity index (χ3v) is 7.33. The summed E-state index contributed by atoms with van der Waals surface area (Å²) in [6.07, 6.45) is 4.97. The second kappa shape index (κ2) is 10.4. The number of rotatable bonds is 10. The van der Waals surface area contributed by atoms with Gasteiger partial charge >= 0.3 is 0 Å². The first-order valence-corrected chi connectivity index (χ1v) is 12.0. The van der Waals surface area contributed by atoms with Crippen LogP contribution >= 0.6 is 0 Å². The van der Waals surface area contributed by atoms with Crippen LogP contribution in [0.4, 0.5) is 0 Å². The third-order valence-electron chi connectivity index (χ3n) is 5.07. The molecule has 1 aromatic carbocycles. The molecule has 1 amide bonds. The molecule has 0 spiro atoms. The molecule has 1 aliphatic rings. The first kappa shape index (κ1) is 22.1. The summed E-state index contributed by atoms with van der Waals surface area (Å²) >= 11 is 0. The fraction of sp³-hybridized carbons (Fsp3) is 0.455. The second-order valence-corrected chi connectivity index (χ2v) is 9.69. The average molecular weight is 433 g/mol. The van der Waals surface area contributed by atoms with Crippen LogP contribution in [-0.4, -0.2) is 36.9 Å². The lowest BCUT2D eigenvalue weighted by Crippen LogP contribution is -2.28. The first-order valence-electron chi connectivity index (χ1n) is 10.3. The summed E-state index contributed by atoms with van der Waals surface area (Å²) in [6, 6.07) is 10.9. The lowest BCUT2D eigenvalue weighted by molar-refractivity contribution is -0.120. The molecule has 0 unspecified atom stereocenters. The number of carbonyl (C=O) groups is 1. The predicted octanol–water partition coefficient (Wildman–Crippen LogP) is 3.64. The van der Waals surface area contributed by atoms with E-state index in [-0.39, 0.29) is 29.9 Å². The number of nitrogens with zero attached hydrogens (tertiary/aromatic N) is 1. The van der Waals surface area contributed by atoms with Crippen molar-refractivity contribution in [3.05, 3.63) is 48.2 Å². The minimum Gasteiger partial charge on any atom is -0.490 e. The van der Waals surface area contributed by atoms with Crippen LogP contribution in [-0.2, 0) is 21.2 Å². The van der Waals surface area contributed by atoms with Crippen LogP contribution < -0.4 is 14.8 Å². The monoisotopic (exact) mass is 432 g/mol. The zero-order chi connectivity index (χ0) is 21.4. The lowest BCUT2D eigenvalue weighted by Gasteiger charge is -2.12. The van der Waals surface area contributed by atoms with Crippen molar-refractivity contribution in [1.82, 2.24) is 10.3 Å². The molecule has 1 N–H and O–H groups in total. The molecule has 0 bridgehead atoms. The molecule has 0 atom stereocenters. The Hall–Kier alpha value is -2.61. The zero-order valence-corrected chi connectivity index (χ0v) is 18.0. The van der Waals surface area contributed by atoms with E-state index in [4.69, 9.17) is 9.47 Å². The van der Waals surface area contributed by atoms with Gasteiger partial charge in [-0.1, -0.05) is 31.0 Å². The van der Waals surface area contributed by atoms with Crippen LogP contribution in [0.5, 0.6) is 17.4 Å². The van der Waals surface area contributed by atoms with Gasteiger partial charge in [0.05, 0.1) is 17.6 Å². The van der Waals surface area contributed by atoms with Gasteiger partial charge in [-0.05, 0) is 37.5 Å². The van der Waals surface area contributed by atoms with Crippen LogP contribution in [0.3, 0.4) is 0 Å². The maximum absolute atomic E-state index is 12.3. The van der Waals surface area contributed by atoms with Gasteiger partial charge in [0, 0.05) is 25.2 Å². The van der Waals surface area contributed by atoms with Crippen molar-refractivity contribution >= 4 is 15.7 Å². The summed E-state index contributed by atoms with van der Waals surface area (Å²) < 4.78 is 35.8. The van der Waals surface area contributed by atoms with E-state index in [0.717, 1.165) is 31.2 Å². The molecule has 0 radical (unpaired) electrons. The van der Waals surface area contributed by atoms with E-state index in [9.17, 15) is 13.2 Å². The molecule has 7 nitrogen and oxygen atoms in total. The van der Waals surface area contributed by atoms with Crippen LogP contribution in [0.2, 0.25) is 0 Å². The molecule has 30 heavy (non-hydrogen) atoms. The third kappa shape index (κ3) is 6.19.